The molecule has 0 amide bonds. The summed E-state index contributed by atoms with van der Waals surface area (Å²) in [5.74, 6) is -2.02. The first-order chi connectivity index (χ1) is 7.52. The van der Waals surface area contributed by atoms with Gasteiger partial charge in [0, 0.05) is 5.75 Å². The van der Waals surface area contributed by atoms with Gasteiger partial charge in [-0.1, -0.05) is 25.1 Å². The van der Waals surface area contributed by atoms with E-state index in [2.05, 4.69) is 0 Å². The van der Waals surface area contributed by atoms with Crippen LogP contribution >= 0.6 is 12.0 Å². The number of carbonyl (C=O) groups is 2. The average molecular weight is 267 g/mol. The van der Waals surface area contributed by atoms with E-state index in [1.54, 1.807) is 0 Å². The van der Waals surface area contributed by atoms with Crippen LogP contribution in [0.3, 0.4) is 0 Å². The molecule has 0 heterocycles. The summed E-state index contributed by atoms with van der Waals surface area (Å²) in [7, 11) is 0. The van der Waals surface area contributed by atoms with Gasteiger partial charge in [0.25, 0.3) is 0 Å². The van der Waals surface area contributed by atoms with Gasteiger partial charge in [0.15, 0.2) is 0 Å². The Bertz CT molecular complexity index is 338. The fourth-order valence-corrected chi connectivity index (χ4v) is 0.773. The van der Waals surface area contributed by atoms with Gasteiger partial charge in [-0.25, -0.2) is 0 Å². The number of rotatable bonds is 3. The zero-order valence-electron chi connectivity index (χ0n) is 9.21. The van der Waals surface area contributed by atoms with Gasteiger partial charge in [-0.05, 0) is 29.2 Å². The number of carboxylic acid groups (broad SMARTS) is 2. The molecule has 5 nitrogen and oxygen atoms in total. The monoisotopic (exact) mass is 266 g/mol. The Hall–Kier alpha value is -0.764. The molecule has 88 valence electrons. The van der Waals surface area contributed by atoms with Crippen molar-refractivity contribution >= 4 is 47.0 Å². The Kier molecular flexibility index (Phi) is 11.4. The molecule has 17 heavy (non-hydrogen) atoms. The molecule has 0 aromatic heterocycles. The maximum Gasteiger partial charge on any atom is 2.00 e. The number of benzene rings is 1. The van der Waals surface area contributed by atoms with Crippen LogP contribution in [-0.4, -0.2) is 45.3 Å². The van der Waals surface area contributed by atoms with E-state index in [0.717, 1.165) is 23.9 Å². The third-order valence-corrected chi connectivity index (χ3v) is 1.72. The van der Waals surface area contributed by atoms with Crippen molar-refractivity contribution in [2.45, 2.75) is 6.92 Å². The van der Waals surface area contributed by atoms with Crippen LogP contribution in [0.25, 0.3) is 0 Å². The molecule has 1 N–H and O–H groups in total. The molecule has 0 unspecified atom stereocenters. The quantitative estimate of drug-likeness (QED) is 0.570. The molecule has 0 spiro atoms. The number of carbonyl (C=O) groups excluding carboxylic acids is 2. The van der Waals surface area contributed by atoms with Gasteiger partial charge >= 0.3 is 23.1 Å². The van der Waals surface area contributed by atoms with Crippen molar-refractivity contribution in [1.29, 1.82) is 0 Å². The minimum atomic E-state index is -1.40. The van der Waals surface area contributed by atoms with Crippen LogP contribution in [0.1, 0.15) is 27.6 Å². The van der Waals surface area contributed by atoms with E-state index in [1.165, 1.54) is 18.2 Å². The van der Waals surface area contributed by atoms with Gasteiger partial charge < -0.3 is 24.4 Å². The Morgan fingerprint density at radius 3 is 1.82 bits per heavy atom. The molecular weight excluding hydrogens is 256 g/mol. The standard InChI is InChI=1S/C8H6O4.C2H6OS.Mg/c9-7(10)5-2-1-3-6(4-5)8(11)12;1-2-4-3;/h1-4H,(H,9,10)(H,11,12);3H,2H2,1H3;/q;;+2/p-2. The normalized spacial score (nSPS) is 8.35. The second kappa shape index (κ2) is 10.4. The molecule has 0 saturated heterocycles. The molecule has 0 aliphatic heterocycles. The first-order valence-corrected chi connectivity index (χ1v) is 5.26. The fraction of sp³-hybridized carbons (Fsp3) is 0.200. The molecule has 1 rings (SSSR count). The van der Waals surface area contributed by atoms with Crippen LogP contribution in [0.5, 0.6) is 0 Å². The van der Waals surface area contributed by atoms with E-state index in [1.807, 2.05) is 6.92 Å². The van der Waals surface area contributed by atoms with Crippen molar-refractivity contribution in [3.8, 4) is 0 Å². The zero-order valence-corrected chi connectivity index (χ0v) is 11.4. The van der Waals surface area contributed by atoms with Gasteiger partial charge in [-0.3, -0.25) is 0 Å². The summed E-state index contributed by atoms with van der Waals surface area (Å²) < 4.78 is 7.79. The Labute approximate surface area is 119 Å². The molecule has 0 aliphatic rings. The van der Waals surface area contributed by atoms with Gasteiger partial charge in [-0.15, -0.1) is 0 Å². The second-order valence-electron chi connectivity index (χ2n) is 2.57. The van der Waals surface area contributed by atoms with Crippen molar-refractivity contribution in [2.75, 3.05) is 5.75 Å². The van der Waals surface area contributed by atoms with E-state index in [9.17, 15) is 19.8 Å². The van der Waals surface area contributed by atoms with Crippen LogP contribution in [0.4, 0.5) is 0 Å². The molecule has 0 saturated carbocycles. The number of hydrogen-bond donors (Lipinski definition) is 1. The van der Waals surface area contributed by atoms with Crippen molar-refractivity contribution in [1.82, 2.24) is 0 Å². The third-order valence-electron chi connectivity index (χ3n) is 1.46. The summed E-state index contributed by atoms with van der Waals surface area (Å²) in [6.07, 6.45) is 0. The summed E-state index contributed by atoms with van der Waals surface area (Å²) >= 11 is 0.856. The molecule has 0 fully saturated rings. The molecule has 0 atom stereocenters. The zero-order chi connectivity index (χ0) is 12.6. The third kappa shape index (κ3) is 8.03. The maximum absolute atomic E-state index is 10.3. The largest absolute Gasteiger partial charge is 2.00 e. The average Bonchev–Trinajstić information content (AvgIpc) is 2.29. The van der Waals surface area contributed by atoms with E-state index in [-0.39, 0.29) is 34.2 Å². The minimum absolute atomic E-state index is 0. The SMILES string of the molecule is CCSO.O=C([O-])c1cccc(C(=O)[O-])c1.[Mg+2]. The van der Waals surface area contributed by atoms with Crippen molar-refractivity contribution in [3.05, 3.63) is 35.4 Å². The Morgan fingerprint density at radius 1 is 1.24 bits per heavy atom. The van der Waals surface area contributed by atoms with Gasteiger partial charge in [-0.2, -0.15) is 0 Å². The molecule has 0 bridgehead atoms. The number of carboxylic acids is 2. The van der Waals surface area contributed by atoms with Crippen LogP contribution in [0.2, 0.25) is 0 Å². The van der Waals surface area contributed by atoms with E-state index in [4.69, 9.17) is 4.55 Å². The van der Waals surface area contributed by atoms with Crippen LogP contribution in [0.15, 0.2) is 24.3 Å². The summed E-state index contributed by atoms with van der Waals surface area (Å²) in [6, 6.07) is 4.81. The topological polar surface area (TPSA) is 100 Å². The molecule has 7 heteroatoms. The summed E-state index contributed by atoms with van der Waals surface area (Å²) in [4.78, 5) is 20.5. The minimum Gasteiger partial charge on any atom is -0.545 e. The van der Waals surface area contributed by atoms with Gasteiger partial charge in [0.05, 0.1) is 11.9 Å². The summed E-state index contributed by atoms with van der Waals surface area (Å²) in [5, 5.41) is 20.5. The van der Waals surface area contributed by atoms with E-state index in [0.29, 0.717) is 0 Å². The summed E-state index contributed by atoms with van der Waals surface area (Å²) in [6.45, 7) is 1.89. The number of hydrogen-bond acceptors (Lipinski definition) is 6. The predicted octanol–water partition coefficient (Wildman–Crippen LogP) is -0.755. The van der Waals surface area contributed by atoms with Crippen molar-refractivity contribution < 1.29 is 24.4 Å². The molecule has 0 aliphatic carbocycles. The first-order valence-electron chi connectivity index (χ1n) is 4.32. The van der Waals surface area contributed by atoms with Gasteiger partial charge in [0.2, 0.25) is 0 Å². The molecular formula is C10H10MgO5S. The predicted molar refractivity (Wildman–Crippen MR) is 61.6 cm³/mol. The second-order valence-corrected chi connectivity index (χ2v) is 3.41. The van der Waals surface area contributed by atoms with E-state index < -0.39 is 11.9 Å². The van der Waals surface area contributed by atoms with E-state index >= 15 is 0 Å². The van der Waals surface area contributed by atoms with Crippen LogP contribution in [0, 0.1) is 0 Å². The maximum atomic E-state index is 10.3. The van der Waals surface area contributed by atoms with Crippen molar-refractivity contribution in [2.24, 2.45) is 0 Å². The van der Waals surface area contributed by atoms with Gasteiger partial charge in [0.1, 0.15) is 0 Å². The first kappa shape index (κ1) is 18.6. The summed E-state index contributed by atoms with van der Waals surface area (Å²) in [5.41, 5.74) is -0.339. The van der Waals surface area contributed by atoms with Crippen LogP contribution < -0.4 is 10.2 Å². The Morgan fingerprint density at radius 2 is 1.59 bits per heavy atom. The molecule has 1 aromatic carbocycles. The number of aromatic carboxylic acids is 2. The van der Waals surface area contributed by atoms with Crippen LogP contribution in [-0.2, 0) is 0 Å². The smallest absolute Gasteiger partial charge is 0.545 e. The Balaban J connectivity index is 0. The molecule has 1 aromatic rings. The molecule has 0 radical (unpaired) electrons. The fourth-order valence-electron chi connectivity index (χ4n) is 0.773. The van der Waals surface area contributed by atoms with Crippen molar-refractivity contribution in [3.63, 3.8) is 0 Å².